The van der Waals surface area contributed by atoms with Crippen LogP contribution in [0.3, 0.4) is 0 Å². The SMILES string of the molecule is NC1=CCCC(OC(=O)/C=C/C2=CCC(N)CC2)C1. The fourth-order valence-corrected chi connectivity index (χ4v) is 2.41. The van der Waals surface area contributed by atoms with E-state index in [1.54, 1.807) is 0 Å². The fraction of sp³-hybridized carbons (Fsp3) is 0.533. The molecule has 0 heterocycles. The van der Waals surface area contributed by atoms with Gasteiger partial charge in [0.2, 0.25) is 0 Å². The lowest BCUT2D eigenvalue weighted by Gasteiger charge is -2.20. The van der Waals surface area contributed by atoms with Crippen molar-refractivity contribution in [1.82, 2.24) is 0 Å². The van der Waals surface area contributed by atoms with Crippen molar-refractivity contribution in [3.05, 3.63) is 35.6 Å². The summed E-state index contributed by atoms with van der Waals surface area (Å²) in [5.74, 6) is -0.282. The molecule has 2 rings (SSSR count). The largest absolute Gasteiger partial charge is 0.459 e. The molecule has 0 aromatic rings. The molecule has 0 aromatic heterocycles. The smallest absolute Gasteiger partial charge is 0.331 e. The van der Waals surface area contributed by atoms with Crippen molar-refractivity contribution in [1.29, 1.82) is 0 Å². The van der Waals surface area contributed by atoms with Crippen LogP contribution in [0.25, 0.3) is 0 Å². The lowest BCUT2D eigenvalue weighted by molar-refractivity contribution is -0.143. The molecule has 2 aliphatic rings. The minimum atomic E-state index is -0.282. The predicted octanol–water partition coefficient (Wildman–Crippen LogP) is 1.92. The minimum Gasteiger partial charge on any atom is -0.459 e. The molecule has 4 heteroatoms. The van der Waals surface area contributed by atoms with Crippen molar-refractivity contribution in [2.24, 2.45) is 11.5 Å². The summed E-state index contributed by atoms with van der Waals surface area (Å²) in [6, 6.07) is 0.265. The molecule has 0 aliphatic heterocycles. The first kappa shape index (κ1) is 13.9. The Morgan fingerprint density at radius 2 is 2.21 bits per heavy atom. The zero-order chi connectivity index (χ0) is 13.7. The van der Waals surface area contributed by atoms with Gasteiger partial charge in [0.15, 0.2) is 0 Å². The van der Waals surface area contributed by atoms with E-state index in [0.717, 1.165) is 37.8 Å². The zero-order valence-electron chi connectivity index (χ0n) is 11.2. The summed E-state index contributed by atoms with van der Waals surface area (Å²) in [6.45, 7) is 0. The number of ether oxygens (including phenoxy) is 1. The second kappa shape index (κ2) is 6.57. The molecular formula is C15H22N2O2. The number of carbonyl (C=O) groups is 1. The van der Waals surface area contributed by atoms with Gasteiger partial charge in [-0.2, -0.15) is 0 Å². The van der Waals surface area contributed by atoms with Gasteiger partial charge in [-0.3, -0.25) is 0 Å². The van der Waals surface area contributed by atoms with E-state index < -0.39 is 0 Å². The van der Waals surface area contributed by atoms with Crippen LogP contribution in [0.4, 0.5) is 0 Å². The minimum absolute atomic E-state index is 0.0732. The second-order valence-electron chi connectivity index (χ2n) is 5.27. The molecule has 0 aromatic carbocycles. The van der Waals surface area contributed by atoms with Crippen LogP contribution >= 0.6 is 0 Å². The molecule has 104 valence electrons. The topological polar surface area (TPSA) is 78.3 Å². The number of carbonyl (C=O) groups excluding carboxylic acids is 1. The van der Waals surface area contributed by atoms with Crippen molar-refractivity contribution >= 4 is 5.97 Å². The van der Waals surface area contributed by atoms with Crippen molar-refractivity contribution < 1.29 is 9.53 Å². The summed E-state index contributed by atoms with van der Waals surface area (Å²) in [4.78, 5) is 11.7. The third-order valence-electron chi connectivity index (χ3n) is 3.56. The van der Waals surface area contributed by atoms with Crippen LogP contribution < -0.4 is 11.5 Å². The summed E-state index contributed by atoms with van der Waals surface area (Å²) in [5, 5.41) is 0. The van der Waals surface area contributed by atoms with Gasteiger partial charge in [0.1, 0.15) is 6.10 Å². The zero-order valence-corrected chi connectivity index (χ0v) is 11.2. The Morgan fingerprint density at radius 3 is 2.89 bits per heavy atom. The van der Waals surface area contributed by atoms with Gasteiger partial charge in [-0.25, -0.2) is 4.79 Å². The number of hydrogen-bond acceptors (Lipinski definition) is 4. The number of rotatable bonds is 3. The van der Waals surface area contributed by atoms with Gasteiger partial charge in [-0.1, -0.05) is 23.8 Å². The summed E-state index contributed by atoms with van der Waals surface area (Å²) < 4.78 is 5.38. The summed E-state index contributed by atoms with van der Waals surface area (Å²) >= 11 is 0. The first-order chi connectivity index (χ1) is 9.13. The van der Waals surface area contributed by atoms with Crippen molar-refractivity contribution in [2.45, 2.75) is 50.7 Å². The highest BCUT2D eigenvalue weighted by atomic mass is 16.5. The monoisotopic (exact) mass is 262 g/mol. The highest BCUT2D eigenvalue weighted by molar-refractivity contribution is 5.82. The lowest BCUT2D eigenvalue weighted by atomic mass is 9.96. The maximum absolute atomic E-state index is 11.7. The Morgan fingerprint density at radius 1 is 1.37 bits per heavy atom. The molecular weight excluding hydrogens is 240 g/mol. The normalized spacial score (nSPS) is 27.8. The maximum Gasteiger partial charge on any atom is 0.331 e. The molecule has 0 saturated carbocycles. The van der Waals surface area contributed by atoms with Gasteiger partial charge in [0.25, 0.3) is 0 Å². The molecule has 2 aliphatic carbocycles. The van der Waals surface area contributed by atoms with E-state index in [4.69, 9.17) is 16.2 Å². The van der Waals surface area contributed by atoms with Crippen LogP contribution in [0.1, 0.15) is 38.5 Å². The molecule has 0 saturated heterocycles. The maximum atomic E-state index is 11.7. The molecule has 0 bridgehead atoms. The molecule has 0 fully saturated rings. The van der Waals surface area contributed by atoms with E-state index in [9.17, 15) is 4.79 Å². The van der Waals surface area contributed by atoms with Crippen molar-refractivity contribution in [3.8, 4) is 0 Å². The molecule has 2 atom stereocenters. The lowest BCUT2D eigenvalue weighted by Crippen LogP contribution is -2.22. The van der Waals surface area contributed by atoms with Crippen LogP contribution in [0, 0.1) is 0 Å². The Labute approximate surface area is 114 Å². The van der Waals surface area contributed by atoms with Crippen molar-refractivity contribution in [3.63, 3.8) is 0 Å². The molecule has 0 radical (unpaired) electrons. The average molecular weight is 262 g/mol. The fourth-order valence-electron chi connectivity index (χ4n) is 2.41. The van der Waals surface area contributed by atoms with E-state index in [-0.39, 0.29) is 18.1 Å². The van der Waals surface area contributed by atoms with Gasteiger partial charge in [-0.05, 0) is 32.1 Å². The van der Waals surface area contributed by atoms with Crippen LogP contribution in [0.15, 0.2) is 35.6 Å². The molecule has 0 amide bonds. The van der Waals surface area contributed by atoms with Crippen LogP contribution in [0.2, 0.25) is 0 Å². The summed E-state index contributed by atoms with van der Waals surface area (Å²) in [7, 11) is 0. The Bertz CT molecular complexity index is 424. The molecule has 4 nitrogen and oxygen atoms in total. The molecule has 19 heavy (non-hydrogen) atoms. The quantitative estimate of drug-likeness (QED) is 0.601. The van der Waals surface area contributed by atoms with Gasteiger partial charge in [0.05, 0.1) is 0 Å². The van der Waals surface area contributed by atoms with E-state index in [2.05, 4.69) is 6.08 Å². The number of hydrogen-bond donors (Lipinski definition) is 2. The van der Waals surface area contributed by atoms with E-state index in [1.165, 1.54) is 11.6 Å². The highest BCUT2D eigenvalue weighted by Crippen LogP contribution is 2.19. The van der Waals surface area contributed by atoms with Gasteiger partial charge in [0, 0.05) is 24.2 Å². The number of esters is 1. The van der Waals surface area contributed by atoms with Crippen LogP contribution in [-0.4, -0.2) is 18.1 Å². The average Bonchev–Trinajstić information content (AvgIpc) is 2.38. The molecule has 0 spiro atoms. The van der Waals surface area contributed by atoms with Gasteiger partial charge < -0.3 is 16.2 Å². The Kier molecular flexibility index (Phi) is 4.80. The number of nitrogens with two attached hydrogens (primary N) is 2. The van der Waals surface area contributed by atoms with Gasteiger partial charge in [-0.15, -0.1) is 0 Å². The first-order valence-electron chi connectivity index (χ1n) is 6.91. The van der Waals surface area contributed by atoms with E-state index in [1.807, 2.05) is 12.2 Å². The molecule has 4 N–H and O–H groups in total. The van der Waals surface area contributed by atoms with Crippen molar-refractivity contribution in [2.75, 3.05) is 0 Å². The second-order valence-corrected chi connectivity index (χ2v) is 5.27. The first-order valence-corrected chi connectivity index (χ1v) is 6.91. The third kappa shape index (κ3) is 4.56. The predicted molar refractivity (Wildman–Crippen MR) is 75.1 cm³/mol. The molecule has 2 unspecified atom stereocenters. The number of allylic oxidation sites excluding steroid dienone is 3. The third-order valence-corrected chi connectivity index (χ3v) is 3.56. The van der Waals surface area contributed by atoms with E-state index >= 15 is 0 Å². The standard InChI is InChI=1S/C15H22N2O2/c16-12-7-4-11(5-8-12)6-9-15(18)19-14-3-1-2-13(17)10-14/h2,4,6,9,12,14H,1,3,5,7-8,10,16-17H2/b9-6+. The highest BCUT2D eigenvalue weighted by Gasteiger charge is 2.17. The van der Waals surface area contributed by atoms with Gasteiger partial charge >= 0.3 is 5.97 Å². The summed E-state index contributed by atoms with van der Waals surface area (Å²) in [6.07, 6.45) is 12.6. The van der Waals surface area contributed by atoms with Crippen LogP contribution in [0.5, 0.6) is 0 Å². The van der Waals surface area contributed by atoms with E-state index in [0.29, 0.717) is 6.42 Å². The Balaban J connectivity index is 1.79. The van der Waals surface area contributed by atoms with Crippen LogP contribution in [-0.2, 0) is 9.53 Å². The summed E-state index contributed by atoms with van der Waals surface area (Å²) in [5.41, 5.74) is 13.5. The Hall–Kier alpha value is -1.55.